The van der Waals surface area contributed by atoms with Crippen LogP contribution in [0.1, 0.15) is 13.3 Å². The summed E-state index contributed by atoms with van der Waals surface area (Å²) >= 11 is 1.49. The number of nitrogens with one attached hydrogen (secondary N) is 1. The highest BCUT2D eigenvalue weighted by atomic mass is 32.2. The topological polar surface area (TPSA) is 85.7 Å². The van der Waals surface area contributed by atoms with Crippen molar-refractivity contribution in [3.05, 3.63) is 36.9 Å². The van der Waals surface area contributed by atoms with Crippen molar-refractivity contribution in [2.45, 2.75) is 25.4 Å². The molecule has 2 amide bonds. The number of carbonyl (C=O) groups is 2. The maximum absolute atomic E-state index is 13.2. The van der Waals surface area contributed by atoms with Crippen LogP contribution in [0.25, 0.3) is 0 Å². The first-order chi connectivity index (χ1) is 14.1. The lowest BCUT2D eigenvalue weighted by Crippen LogP contribution is -2.62. The van der Waals surface area contributed by atoms with Crippen LogP contribution in [0, 0.1) is 0 Å². The van der Waals surface area contributed by atoms with Crippen LogP contribution in [0.5, 0.6) is 11.5 Å². The fourth-order valence-electron chi connectivity index (χ4n) is 3.54. The molecule has 1 unspecified atom stereocenters. The van der Waals surface area contributed by atoms with Gasteiger partial charge in [-0.15, -0.1) is 11.8 Å². The summed E-state index contributed by atoms with van der Waals surface area (Å²) in [6, 6.07) is 5.34. The van der Waals surface area contributed by atoms with Crippen molar-refractivity contribution in [3.63, 3.8) is 0 Å². The average Bonchev–Trinajstić information content (AvgIpc) is 3.23. The third-order valence-electron chi connectivity index (χ3n) is 5.15. The van der Waals surface area contributed by atoms with Crippen molar-refractivity contribution in [2.24, 2.45) is 0 Å². The Hall–Kier alpha value is -2.68. The molecule has 154 valence electrons. The van der Waals surface area contributed by atoms with Crippen LogP contribution in [0.2, 0.25) is 0 Å². The molecular formula is C20H24N4O4S. The van der Waals surface area contributed by atoms with E-state index in [4.69, 9.17) is 9.47 Å². The standard InChI is InChI=1S/C20H24N4O4S/c1-20(19(26)22-15-3-4-16-17(11-15)28-10-9-27-16)13-29-12-18(25)24(20)7-2-6-23-8-5-21-14-23/h3-5,8,11,14H,2,6-7,9-10,12-13H2,1H3,(H,22,26). The van der Waals surface area contributed by atoms with E-state index in [-0.39, 0.29) is 11.8 Å². The van der Waals surface area contributed by atoms with Gasteiger partial charge in [0.2, 0.25) is 5.91 Å². The van der Waals surface area contributed by atoms with E-state index in [9.17, 15) is 9.59 Å². The summed E-state index contributed by atoms with van der Waals surface area (Å²) in [6.45, 7) is 4.10. The number of carbonyl (C=O) groups excluding carboxylic acids is 2. The predicted octanol–water partition coefficient (Wildman–Crippen LogP) is 2.02. The van der Waals surface area contributed by atoms with Gasteiger partial charge < -0.3 is 24.3 Å². The van der Waals surface area contributed by atoms with E-state index in [1.807, 2.05) is 17.7 Å². The highest BCUT2D eigenvalue weighted by molar-refractivity contribution is 8.00. The van der Waals surface area contributed by atoms with Crippen molar-refractivity contribution in [2.75, 3.05) is 36.6 Å². The van der Waals surface area contributed by atoms with Gasteiger partial charge in [0.25, 0.3) is 5.91 Å². The molecule has 8 nitrogen and oxygen atoms in total. The molecule has 1 aromatic carbocycles. The predicted molar refractivity (Wildman–Crippen MR) is 110 cm³/mol. The number of anilines is 1. The summed E-state index contributed by atoms with van der Waals surface area (Å²) in [6.07, 6.45) is 6.12. The third kappa shape index (κ3) is 4.19. The normalized spacial score (nSPS) is 21.1. The molecule has 1 atom stereocenters. The van der Waals surface area contributed by atoms with Gasteiger partial charge in [0.05, 0.1) is 12.1 Å². The largest absolute Gasteiger partial charge is 0.486 e. The van der Waals surface area contributed by atoms with Crippen LogP contribution in [0.3, 0.4) is 0 Å². The van der Waals surface area contributed by atoms with Crippen molar-refractivity contribution < 1.29 is 19.1 Å². The second kappa shape index (κ2) is 8.36. The number of nitrogens with zero attached hydrogens (tertiary/aromatic N) is 3. The van der Waals surface area contributed by atoms with Gasteiger partial charge in [0.1, 0.15) is 18.8 Å². The zero-order chi connectivity index (χ0) is 20.3. The van der Waals surface area contributed by atoms with E-state index in [2.05, 4.69) is 10.3 Å². The van der Waals surface area contributed by atoms with Gasteiger partial charge in [-0.3, -0.25) is 9.59 Å². The first-order valence-electron chi connectivity index (χ1n) is 9.61. The molecule has 1 fully saturated rings. The summed E-state index contributed by atoms with van der Waals surface area (Å²) in [7, 11) is 0. The summed E-state index contributed by atoms with van der Waals surface area (Å²) in [4.78, 5) is 31.6. The maximum atomic E-state index is 13.2. The number of thioether (sulfide) groups is 1. The molecule has 9 heteroatoms. The van der Waals surface area contributed by atoms with Gasteiger partial charge in [-0.05, 0) is 25.5 Å². The van der Waals surface area contributed by atoms with Gasteiger partial charge in [-0.25, -0.2) is 4.98 Å². The number of benzene rings is 1. The number of imidazole rings is 1. The zero-order valence-electron chi connectivity index (χ0n) is 16.3. The van der Waals surface area contributed by atoms with Crippen molar-refractivity contribution in [3.8, 4) is 11.5 Å². The molecule has 0 spiro atoms. The highest BCUT2D eigenvalue weighted by Crippen LogP contribution is 2.34. The van der Waals surface area contributed by atoms with Crippen LogP contribution in [-0.4, -0.2) is 63.1 Å². The van der Waals surface area contributed by atoms with Crippen LogP contribution < -0.4 is 14.8 Å². The van der Waals surface area contributed by atoms with Crippen LogP contribution in [-0.2, 0) is 16.1 Å². The Morgan fingerprint density at radius 3 is 2.90 bits per heavy atom. The van der Waals surface area contributed by atoms with E-state index in [0.717, 1.165) is 13.0 Å². The monoisotopic (exact) mass is 416 g/mol. The lowest BCUT2D eigenvalue weighted by molar-refractivity contribution is -0.142. The lowest BCUT2D eigenvalue weighted by Gasteiger charge is -2.43. The van der Waals surface area contributed by atoms with Crippen LogP contribution in [0.15, 0.2) is 36.9 Å². The molecule has 2 aliphatic heterocycles. The number of aryl methyl sites for hydroxylation is 1. The molecule has 3 heterocycles. The number of amides is 2. The van der Waals surface area contributed by atoms with Crippen molar-refractivity contribution >= 4 is 29.3 Å². The minimum absolute atomic E-state index is 0.00768. The molecule has 1 saturated heterocycles. The molecule has 2 aromatic rings. The molecule has 2 aliphatic rings. The zero-order valence-corrected chi connectivity index (χ0v) is 17.1. The number of hydrogen-bond acceptors (Lipinski definition) is 6. The lowest BCUT2D eigenvalue weighted by atomic mass is 9.99. The van der Waals surface area contributed by atoms with E-state index in [1.54, 1.807) is 35.6 Å². The summed E-state index contributed by atoms with van der Waals surface area (Å²) in [5, 5.41) is 2.96. The second-order valence-corrected chi connectivity index (χ2v) is 8.26. The molecular weight excluding hydrogens is 392 g/mol. The quantitative estimate of drug-likeness (QED) is 0.776. The Morgan fingerprint density at radius 1 is 1.28 bits per heavy atom. The van der Waals surface area contributed by atoms with E-state index < -0.39 is 5.54 Å². The Bertz CT molecular complexity index is 889. The molecule has 29 heavy (non-hydrogen) atoms. The van der Waals surface area contributed by atoms with Crippen molar-refractivity contribution in [1.29, 1.82) is 0 Å². The Morgan fingerprint density at radius 2 is 2.10 bits per heavy atom. The number of rotatable bonds is 6. The number of aromatic nitrogens is 2. The number of hydrogen-bond donors (Lipinski definition) is 1. The third-order valence-corrected chi connectivity index (χ3v) is 6.37. The first kappa shape index (κ1) is 19.6. The van der Waals surface area contributed by atoms with Crippen LogP contribution >= 0.6 is 11.8 Å². The van der Waals surface area contributed by atoms with Crippen molar-refractivity contribution in [1.82, 2.24) is 14.5 Å². The van der Waals surface area contributed by atoms with Gasteiger partial charge >= 0.3 is 0 Å². The highest BCUT2D eigenvalue weighted by Gasteiger charge is 2.44. The first-order valence-corrected chi connectivity index (χ1v) is 10.8. The minimum atomic E-state index is -0.914. The van der Waals surface area contributed by atoms with Crippen LogP contribution in [0.4, 0.5) is 5.69 Å². The van der Waals surface area contributed by atoms with E-state index >= 15 is 0 Å². The number of fused-ring (bicyclic) bond motifs is 1. The SMILES string of the molecule is CC1(C(=O)Nc2ccc3c(c2)OCCO3)CSCC(=O)N1CCCn1ccnc1. The fraction of sp³-hybridized carbons (Fsp3) is 0.450. The maximum Gasteiger partial charge on any atom is 0.250 e. The van der Waals surface area contributed by atoms with Gasteiger partial charge in [0.15, 0.2) is 11.5 Å². The Labute approximate surface area is 173 Å². The molecule has 0 saturated carbocycles. The molecule has 0 radical (unpaired) electrons. The summed E-state index contributed by atoms with van der Waals surface area (Å²) < 4.78 is 13.1. The molecule has 1 N–H and O–H groups in total. The van der Waals surface area contributed by atoms with Gasteiger partial charge in [-0.2, -0.15) is 0 Å². The Balaban J connectivity index is 1.45. The molecule has 1 aromatic heterocycles. The minimum Gasteiger partial charge on any atom is -0.486 e. The summed E-state index contributed by atoms with van der Waals surface area (Å²) in [5.74, 6) is 2.04. The summed E-state index contributed by atoms with van der Waals surface area (Å²) in [5.41, 5.74) is -0.288. The van der Waals surface area contributed by atoms with Gasteiger partial charge in [-0.1, -0.05) is 0 Å². The van der Waals surface area contributed by atoms with E-state index in [1.165, 1.54) is 11.8 Å². The molecule has 0 aliphatic carbocycles. The molecule has 0 bridgehead atoms. The average molecular weight is 417 g/mol. The van der Waals surface area contributed by atoms with E-state index in [0.29, 0.717) is 48.5 Å². The molecule has 4 rings (SSSR count). The number of ether oxygens (including phenoxy) is 2. The van der Waals surface area contributed by atoms with Gasteiger partial charge in [0, 0.05) is 43.0 Å². The smallest absolute Gasteiger partial charge is 0.250 e. The fourth-order valence-corrected chi connectivity index (χ4v) is 4.66. The second-order valence-electron chi connectivity index (χ2n) is 7.28. The Kier molecular flexibility index (Phi) is 5.66.